The molecule has 9 nitrogen and oxygen atoms in total. The lowest BCUT2D eigenvalue weighted by atomic mass is 10.2. The summed E-state index contributed by atoms with van der Waals surface area (Å²) in [5.41, 5.74) is 6.70. The number of methoxy groups -OCH3 is 1. The number of nitrogens with zero attached hydrogens (tertiary/aromatic N) is 3. The van der Waals surface area contributed by atoms with Crippen LogP contribution in [-0.2, 0) is 6.54 Å². The molecule has 3 aromatic rings. The summed E-state index contributed by atoms with van der Waals surface area (Å²) in [6, 6.07) is 9.56. The average Bonchev–Trinajstić information content (AvgIpc) is 3.21. The van der Waals surface area contributed by atoms with Crippen molar-refractivity contribution in [1.29, 1.82) is 0 Å². The molecule has 3 rings (SSSR count). The first-order valence-electron chi connectivity index (χ1n) is 8.04. The second-order valence-electron chi connectivity index (χ2n) is 5.56. The number of ether oxygens (including phenoxy) is 1. The Morgan fingerprint density at radius 2 is 2.11 bits per heavy atom. The van der Waals surface area contributed by atoms with Crippen molar-refractivity contribution in [3.05, 3.63) is 66.1 Å². The van der Waals surface area contributed by atoms with E-state index in [-0.39, 0.29) is 12.1 Å². The number of hydrogen-bond acceptors (Lipinski definition) is 5. The normalized spacial score (nSPS) is 10.3. The zero-order valence-electron chi connectivity index (χ0n) is 14.5. The fourth-order valence-corrected chi connectivity index (χ4v) is 2.37. The third kappa shape index (κ3) is 4.40. The summed E-state index contributed by atoms with van der Waals surface area (Å²) in [4.78, 5) is 27.8. The Morgan fingerprint density at radius 3 is 2.74 bits per heavy atom. The molecule has 0 atom stereocenters. The maximum absolute atomic E-state index is 12.2. The number of carbonyl (C=O) groups excluding carboxylic acids is 2. The Bertz CT molecular complexity index is 938. The minimum absolute atomic E-state index is 0.268. The Kier molecular flexibility index (Phi) is 5.31. The lowest BCUT2D eigenvalue weighted by molar-refractivity contribution is 0.1000. The number of rotatable bonds is 6. The van der Waals surface area contributed by atoms with E-state index in [2.05, 4.69) is 20.7 Å². The van der Waals surface area contributed by atoms with Crippen LogP contribution < -0.4 is 21.1 Å². The van der Waals surface area contributed by atoms with Crippen molar-refractivity contribution in [3.63, 3.8) is 0 Å². The third-order valence-electron chi connectivity index (χ3n) is 3.73. The van der Waals surface area contributed by atoms with Gasteiger partial charge in [0, 0.05) is 30.7 Å². The highest BCUT2D eigenvalue weighted by Gasteiger charge is 2.11. The third-order valence-corrected chi connectivity index (χ3v) is 3.73. The van der Waals surface area contributed by atoms with Crippen LogP contribution in [0.5, 0.6) is 5.75 Å². The van der Waals surface area contributed by atoms with Gasteiger partial charge in [-0.15, -0.1) is 0 Å². The number of hydrogen-bond donors (Lipinski definition) is 3. The van der Waals surface area contributed by atoms with Gasteiger partial charge < -0.3 is 21.1 Å². The van der Waals surface area contributed by atoms with E-state index in [0.717, 1.165) is 5.56 Å². The number of primary amides is 1. The predicted octanol–water partition coefficient (Wildman–Crippen LogP) is 1.70. The van der Waals surface area contributed by atoms with Crippen LogP contribution in [0.25, 0.3) is 5.82 Å². The van der Waals surface area contributed by atoms with Gasteiger partial charge in [0.15, 0.2) is 5.82 Å². The maximum atomic E-state index is 12.2. The Labute approximate surface area is 155 Å². The topological polar surface area (TPSA) is 124 Å². The lowest BCUT2D eigenvalue weighted by Gasteiger charge is -2.12. The molecule has 0 saturated carbocycles. The second-order valence-corrected chi connectivity index (χ2v) is 5.56. The molecule has 4 N–H and O–H groups in total. The standard InChI is InChI=1S/C18H18N6O3/c1-27-15-5-4-13(17(19)25)9-14(15)23-18(26)21-11-12-3-6-16(20-10-12)24-8-2-7-22-24/h2-10H,11H2,1H3,(H2,19,25)(H2,21,23,26). The molecule has 138 valence electrons. The quantitative estimate of drug-likeness (QED) is 0.612. The van der Waals surface area contributed by atoms with E-state index in [9.17, 15) is 9.59 Å². The summed E-state index contributed by atoms with van der Waals surface area (Å²) in [7, 11) is 1.47. The highest BCUT2D eigenvalue weighted by Crippen LogP contribution is 2.25. The summed E-state index contributed by atoms with van der Waals surface area (Å²) in [6.45, 7) is 0.274. The molecule has 0 fully saturated rings. The van der Waals surface area contributed by atoms with Gasteiger partial charge in [0.2, 0.25) is 5.91 Å². The first-order valence-corrected chi connectivity index (χ1v) is 8.04. The van der Waals surface area contributed by atoms with E-state index in [1.54, 1.807) is 35.4 Å². The van der Waals surface area contributed by atoms with Crippen LogP contribution in [0.15, 0.2) is 55.0 Å². The molecule has 0 aliphatic carbocycles. The van der Waals surface area contributed by atoms with Gasteiger partial charge in [-0.25, -0.2) is 14.5 Å². The molecule has 0 unspecified atom stereocenters. The van der Waals surface area contributed by atoms with Crippen molar-refractivity contribution in [3.8, 4) is 11.6 Å². The summed E-state index contributed by atoms with van der Waals surface area (Å²) in [5, 5.41) is 9.46. The van der Waals surface area contributed by atoms with Gasteiger partial charge in [-0.05, 0) is 35.9 Å². The van der Waals surface area contributed by atoms with Gasteiger partial charge in [-0.1, -0.05) is 6.07 Å². The fraction of sp³-hybridized carbons (Fsp3) is 0.111. The molecule has 27 heavy (non-hydrogen) atoms. The van der Waals surface area contributed by atoms with Gasteiger partial charge in [0.1, 0.15) is 5.75 Å². The number of benzene rings is 1. The number of nitrogens with two attached hydrogens (primary N) is 1. The molecule has 2 heterocycles. The van der Waals surface area contributed by atoms with Crippen LogP contribution in [0.2, 0.25) is 0 Å². The lowest BCUT2D eigenvalue weighted by Crippen LogP contribution is -2.28. The van der Waals surface area contributed by atoms with Crippen molar-refractivity contribution in [1.82, 2.24) is 20.1 Å². The fourth-order valence-electron chi connectivity index (χ4n) is 2.37. The number of anilines is 1. The number of pyridine rings is 1. The molecule has 2 aromatic heterocycles. The van der Waals surface area contributed by atoms with Crippen LogP contribution in [0, 0.1) is 0 Å². The first-order chi connectivity index (χ1) is 13.1. The van der Waals surface area contributed by atoms with Crippen LogP contribution in [0.4, 0.5) is 10.5 Å². The Morgan fingerprint density at radius 1 is 1.26 bits per heavy atom. The molecule has 1 aromatic carbocycles. The molecule has 3 amide bonds. The van der Waals surface area contributed by atoms with Crippen molar-refractivity contribution in [2.24, 2.45) is 5.73 Å². The number of urea groups is 1. The predicted molar refractivity (Wildman–Crippen MR) is 98.7 cm³/mol. The first kappa shape index (κ1) is 17.9. The summed E-state index contributed by atoms with van der Waals surface area (Å²) < 4.78 is 6.82. The Balaban J connectivity index is 1.61. The largest absolute Gasteiger partial charge is 0.495 e. The van der Waals surface area contributed by atoms with Crippen LogP contribution in [-0.4, -0.2) is 33.8 Å². The van der Waals surface area contributed by atoms with Crippen LogP contribution in [0.1, 0.15) is 15.9 Å². The highest BCUT2D eigenvalue weighted by atomic mass is 16.5. The molecule has 9 heteroatoms. The highest BCUT2D eigenvalue weighted by molar-refractivity contribution is 5.97. The SMILES string of the molecule is COc1ccc(C(N)=O)cc1NC(=O)NCc1ccc(-n2cccn2)nc1. The number of carbonyl (C=O) groups is 2. The average molecular weight is 366 g/mol. The molecule has 0 saturated heterocycles. The molecule has 0 bridgehead atoms. The van der Waals surface area contributed by atoms with Gasteiger partial charge in [-0.3, -0.25) is 4.79 Å². The van der Waals surface area contributed by atoms with Crippen molar-refractivity contribution < 1.29 is 14.3 Å². The van der Waals surface area contributed by atoms with E-state index < -0.39 is 11.9 Å². The van der Waals surface area contributed by atoms with Gasteiger partial charge in [0.05, 0.1) is 12.8 Å². The maximum Gasteiger partial charge on any atom is 0.319 e. The molecule has 0 radical (unpaired) electrons. The zero-order chi connectivity index (χ0) is 19.2. The van der Waals surface area contributed by atoms with Crippen molar-refractivity contribution in [2.45, 2.75) is 6.54 Å². The summed E-state index contributed by atoms with van der Waals surface area (Å²) in [5.74, 6) is 0.506. The van der Waals surface area contributed by atoms with E-state index in [4.69, 9.17) is 10.5 Å². The van der Waals surface area contributed by atoms with Crippen LogP contribution in [0.3, 0.4) is 0 Å². The molecule has 0 aliphatic rings. The van der Waals surface area contributed by atoms with Gasteiger partial charge >= 0.3 is 6.03 Å². The summed E-state index contributed by atoms with van der Waals surface area (Å²) in [6.07, 6.45) is 5.12. The number of aromatic nitrogens is 3. The summed E-state index contributed by atoms with van der Waals surface area (Å²) >= 11 is 0. The van der Waals surface area contributed by atoms with Crippen molar-refractivity contribution >= 4 is 17.6 Å². The molecular weight excluding hydrogens is 348 g/mol. The van der Waals surface area contributed by atoms with E-state index in [1.807, 2.05) is 12.1 Å². The minimum Gasteiger partial charge on any atom is -0.495 e. The number of amides is 3. The zero-order valence-corrected chi connectivity index (χ0v) is 14.5. The van der Waals surface area contributed by atoms with E-state index in [0.29, 0.717) is 17.3 Å². The van der Waals surface area contributed by atoms with E-state index in [1.165, 1.54) is 19.2 Å². The molecular formula is C18H18N6O3. The second kappa shape index (κ2) is 8.00. The monoisotopic (exact) mass is 366 g/mol. The van der Waals surface area contributed by atoms with Gasteiger partial charge in [0.25, 0.3) is 0 Å². The molecule has 0 spiro atoms. The smallest absolute Gasteiger partial charge is 0.319 e. The Hall–Kier alpha value is -3.88. The minimum atomic E-state index is -0.593. The van der Waals surface area contributed by atoms with E-state index >= 15 is 0 Å². The molecule has 0 aliphatic heterocycles. The van der Waals surface area contributed by atoms with Gasteiger partial charge in [-0.2, -0.15) is 5.10 Å². The van der Waals surface area contributed by atoms with Crippen molar-refractivity contribution in [2.75, 3.05) is 12.4 Å². The van der Waals surface area contributed by atoms with Crippen LogP contribution >= 0.6 is 0 Å². The number of nitrogens with one attached hydrogen (secondary N) is 2.